The van der Waals surface area contributed by atoms with E-state index in [-0.39, 0.29) is 18.7 Å². The average Bonchev–Trinajstić information content (AvgIpc) is 2.80. The standard InChI is InChI=1S/C12H15F2N5O2/c13-12(14,7-15)8-16-10(20)4-6-19-11(21)18-5-2-1-3-9(18)17-19/h1-3,5H,4,6-8,15H2,(H,16,20). The summed E-state index contributed by atoms with van der Waals surface area (Å²) in [5.74, 6) is -3.72. The molecule has 0 saturated carbocycles. The highest BCUT2D eigenvalue weighted by atomic mass is 19.3. The fourth-order valence-electron chi connectivity index (χ4n) is 1.71. The Morgan fingerprint density at radius 1 is 1.43 bits per heavy atom. The molecule has 0 aliphatic heterocycles. The number of carbonyl (C=O) groups excluding carboxylic acids is 1. The van der Waals surface area contributed by atoms with Gasteiger partial charge in [0.25, 0.3) is 5.92 Å². The topological polar surface area (TPSA) is 94.4 Å². The normalized spacial score (nSPS) is 11.8. The lowest BCUT2D eigenvalue weighted by Crippen LogP contribution is -2.41. The molecule has 3 N–H and O–H groups in total. The molecule has 0 fully saturated rings. The molecular weight excluding hydrogens is 284 g/mol. The second-order valence-electron chi connectivity index (χ2n) is 4.52. The van der Waals surface area contributed by atoms with E-state index >= 15 is 0 Å². The summed E-state index contributed by atoms with van der Waals surface area (Å²) in [6.45, 7) is -1.64. The maximum atomic E-state index is 12.9. The number of aryl methyl sites for hydroxylation is 1. The van der Waals surface area contributed by atoms with Crippen molar-refractivity contribution in [2.24, 2.45) is 5.73 Å². The zero-order valence-electron chi connectivity index (χ0n) is 11.1. The van der Waals surface area contributed by atoms with Crippen LogP contribution in [0.15, 0.2) is 29.2 Å². The van der Waals surface area contributed by atoms with Crippen molar-refractivity contribution in [1.29, 1.82) is 0 Å². The zero-order valence-corrected chi connectivity index (χ0v) is 11.1. The zero-order chi connectivity index (χ0) is 15.5. The number of alkyl halides is 2. The molecule has 0 radical (unpaired) electrons. The number of nitrogens with two attached hydrogens (primary N) is 1. The first kappa shape index (κ1) is 15.1. The van der Waals surface area contributed by atoms with Crippen LogP contribution >= 0.6 is 0 Å². The first-order chi connectivity index (χ1) is 9.93. The van der Waals surface area contributed by atoms with Gasteiger partial charge in [-0.05, 0) is 12.1 Å². The number of fused-ring (bicyclic) bond motifs is 1. The molecule has 0 atom stereocenters. The lowest BCUT2D eigenvalue weighted by atomic mass is 10.3. The van der Waals surface area contributed by atoms with E-state index in [4.69, 9.17) is 5.73 Å². The van der Waals surface area contributed by atoms with Crippen LogP contribution in [0.4, 0.5) is 8.78 Å². The summed E-state index contributed by atoms with van der Waals surface area (Å²) in [6, 6.07) is 5.07. The quantitative estimate of drug-likeness (QED) is 0.758. The van der Waals surface area contributed by atoms with Crippen LogP contribution in [-0.4, -0.2) is 39.1 Å². The van der Waals surface area contributed by atoms with E-state index in [2.05, 4.69) is 10.4 Å². The van der Waals surface area contributed by atoms with Gasteiger partial charge in [-0.3, -0.25) is 9.20 Å². The Kier molecular flexibility index (Phi) is 4.32. The van der Waals surface area contributed by atoms with Crippen molar-refractivity contribution >= 4 is 11.6 Å². The highest BCUT2D eigenvalue weighted by Gasteiger charge is 2.27. The van der Waals surface area contributed by atoms with Crippen molar-refractivity contribution in [3.63, 3.8) is 0 Å². The minimum atomic E-state index is -3.13. The van der Waals surface area contributed by atoms with Gasteiger partial charge in [-0.2, -0.15) is 0 Å². The minimum Gasteiger partial charge on any atom is -0.350 e. The van der Waals surface area contributed by atoms with Crippen molar-refractivity contribution in [3.8, 4) is 0 Å². The summed E-state index contributed by atoms with van der Waals surface area (Å²) in [7, 11) is 0. The molecule has 0 bridgehead atoms. The third-order valence-electron chi connectivity index (χ3n) is 2.88. The molecule has 0 aliphatic rings. The molecule has 0 aliphatic carbocycles. The third kappa shape index (κ3) is 3.63. The molecule has 2 heterocycles. The van der Waals surface area contributed by atoms with E-state index in [9.17, 15) is 18.4 Å². The van der Waals surface area contributed by atoms with Gasteiger partial charge in [0, 0.05) is 12.6 Å². The molecule has 9 heteroatoms. The lowest BCUT2D eigenvalue weighted by Gasteiger charge is -2.14. The molecule has 0 spiro atoms. The van der Waals surface area contributed by atoms with Crippen LogP contribution in [0.1, 0.15) is 6.42 Å². The van der Waals surface area contributed by atoms with E-state index in [1.165, 1.54) is 4.40 Å². The molecule has 0 unspecified atom stereocenters. The van der Waals surface area contributed by atoms with Crippen LogP contribution in [0.2, 0.25) is 0 Å². The molecule has 0 saturated heterocycles. The summed E-state index contributed by atoms with van der Waals surface area (Å²) < 4.78 is 28.2. The summed E-state index contributed by atoms with van der Waals surface area (Å²) in [5.41, 5.74) is 4.93. The van der Waals surface area contributed by atoms with Gasteiger partial charge in [-0.15, -0.1) is 5.10 Å². The number of nitrogens with one attached hydrogen (secondary N) is 1. The Morgan fingerprint density at radius 2 is 2.19 bits per heavy atom. The van der Waals surface area contributed by atoms with Gasteiger partial charge in [-0.1, -0.05) is 6.07 Å². The number of pyridine rings is 1. The molecule has 0 aromatic carbocycles. The van der Waals surface area contributed by atoms with Crippen LogP contribution in [0, 0.1) is 0 Å². The van der Waals surface area contributed by atoms with Crippen molar-refractivity contribution < 1.29 is 13.6 Å². The molecule has 114 valence electrons. The molecular formula is C12H15F2N5O2. The first-order valence-electron chi connectivity index (χ1n) is 6.32. The number of aromatic nitrogens is 3. The van der Waals surface area contributed by atoms with E-state index in [0.717, 1.165) is 4.68 Å². The second-order valence-corrected chi connectivity index (χ2v) is 4.52. The number of hydrogen-bond donors (Lipinski definition) is 2. The Labute approximate surface area is 118 Å². The second kappa shape index (κ2) is 6.00. The van der Waals surface area contributed by atoms with Gasteiger partial charge in [-0.25, -0.2) is 18.3 Å². The van der Waals surface area contributed by atoms with E-state index in [0.29, 0.717) is 5.65 Å². The third-order valence-corrected chi connectivity index (χ3v) is 2.88. The number of rotatable bonds is 6. The van der Waals surface area contributed by atoms with Gasteiger partial charge in [0.1, 0.15) is 0 Å². The first-order valence-corrected chi connectivity index (χ1v) is 6.32. The summed E-state index contributed by atoms with van der Waals surface area (Å²) in [6.07, 6.45) is 1.44. The molecule has 1 amide bonds. The minimum absolute atomic E-state index is 0.0144. The van der Waals surface area contributed by atoms with Crippen LogP contribution < -0.4 is 16.7 Å². The van der Waals surface area contributed by atoms with E-state index in [1.807, 2.05) is 0 Å². The Morgan fingerprint density at radius 3 is 2.86 bits per heavy atom. The average molecular weight is 299 g/mol. The summed E-state index contributed by atoms with van der Waals surface area (Å²) in [5, 5.41) is 6.11. The van der Waals surface area contributed by atoms with Gasteiger partial charge in [0.15, 0.2) is 5.65 Å². The Bertz CT molecular complexity index is 694. The number of hydrogen-bond acceptors (Lipinski definition) is 4. The van der Waals surface area contributed by atoms with Gasteiger partial charge < -0.3 is 11.1 Å². The Hall–Kier alpha value is -2.29. The Balaban J connectivity index is 1.94. The molecule has 2 rings (SSSR count). The van der Waals surface area contributed by atoms with Crippen LogP contribution in [0.25, 0.3) is 5.65 Å². The summed E-state index contributed by atoms with van der Waals surface area (Å²) >= 11 is 0. The highest BCUT2D eigenvalue weighted by molar-refractivity contribution is 5.75. The van der Waals surface area contributed by atoms with Gasteiger partial charge >= 0.3 is 5.69 Å². The number of halogens is 2. The predicted molar refractivity (Wildman–Crippen MR) is 71.1 cm³/mol. The predicted octanol–water partition coefficient (Wildman–Crippen LogP) is -0.404. The van der Waals surface area contributed by atoms with Crippen molar-refractivity contribution in [2.75, 3.05) is 13.1 Å². The van der Waals surface area contributed by atoms with Crippen LogP contribution in [-0.2, 0) is 11.3 Å². The monoisotopic (exact) mass is 299 g/mol. The summed E-state index contributed by atoms with van der Waals surface area (Å²) in [4.78, 5) is 23.4. The number of amides is 1. The molecule has 2 aromatic heterocycles. The van der Waals surface area contributed by atoms with E-state index in [1.54, 1.807) is 24.4 Å². The molecule has 2 aromatic rings. The number of carbonyl (C=O) groups is 1. The van der Waals surface area contributed by atoms with Gasteiger partial charge in [0.2, 0.25) is 5.91 Å². The van der Waals surface area contributed by atoms with Crippen LogP contribution in [0.3, 0.4) is 0 Å². The maximum Gasteiger partial charge on any atom is 0.350 e. The van der Waals surface area contributed by atoms with Crippen molar-refractivity contribution in [2.45, 2.75) is 18.9 Å². The van der Waals surface area contributed by atoms with Crippen molar-refractivity contribution in [1.82, 2.24) is 19.5 Å². The fourth-order valence-corrected chi connectivity index (χ4v) is 1.71. The van der Waals surface area contributed by atoms with Crippen molar-refractivity contribution in [3.05, 3.63) is 34.9 Å². The molecule has 21 heavy (non-hydrogen) atoms. The van der Waals surface area contributed by atoms with Gasteiger partial charge in [0.05, 0.1) is 19.6 Å². The number of nitrogens with zero attached hydrogens (tertiary/aromatic N) is 3. The SMILES string of the molecule is NCC(F)(F)CNC(=O)CCn1nc2ccccn2c1=O. The highest BCUT2D eigenvalue weighted by Crippen LogP contribution is 2.08. The maximum absolute atomic E-state index is 12.9. The largest absolute Gasteiger partial charge is 0.350 e. The van der Waals surface area contributed by atoms with Crippen LogP contribution in [0.5, 0.6) is 0 Å². The molecule has 7 nitrogen and oxygen atoms in total. The fraction of sp³-hybridized carbons (Fsp3) is 0.417. The lowest BCUT2D eigenvalue weighted by molar-refractivity contribution is -0.123. The smallest absolute Gasteiger partial charge is 0.350 e. The van der Waals surface area contributed by atoms with E-state index < -0.39 is 24.9 Å².